The molecule has 0 fully saturated rings. The van der Waals surface area contributed by atoms with Crippen LogP contribution < -0.4 is 4.74 Å². The highest BCUT2D eigenvalue weighted by atomic mass is 16.5. The molecule has 100 valence electrons. The second-order valence-corrected chi connectivity index (χ2v) is 4.27. The molecule has 1 aromatic carbocycles. The van der Waals surface area contributed by atoms with Gasteiger partial charge in [0.05, 0.1) is 25.6 Å². The Morgan fingerprint density at radius 2 is 2.32 bits per heavy atom. The molecule has 0 unspecified atom stereocenters. The highest BCUT2D eigenvalue weighted by Crippen LogP contribution is 2.13. The van der Waals surface area contributed by atoms with Crippen LogP contribution in [0, 0.1) is 0 Å². The summed E-state index contributed by atoms with van der Waals surface area (Å²) in [4.78, 5) is 14.6. The summed E-state index contributed by atoms with van der Waals surface area (Å²) in [6, 6.07) is 7.90. The number of aryl methyl sites for hydroxylation is 2. The van der Waals surface area contributed by atoms with Gasteiger partial charge in [-0.2, -0.15) is 0 Å². The Morgan fingerprint density at radius 1 is 1.47 bits per heavy atom. The first-order valence-corrected chi connectivity index (χ1v) is 6.03. The van der Waals surface area contributed by atoms with Crippen molar-refractivity contribution in [3.8, 4) is 5.75 Å². The Morgan fingerprint density at radius 3 is 3.05 bits per heavy atom. The maximum atomic E-state index is 10.6. The second-order valence-electron chi connectivity index (χ2n) is 4.27. The van der Waals surface area contributed by atoms with E-state index in [4.69, 9.17) is 9.84 Å². The fraction of sp³-hybridized carbons (Fsp3) is 0.286. The monoisotopic (exact) mass is 260 g/mol. The average molecular weight is 260 g/mol. The number of imidazole rings is 1. The Bertz CT molecular complexity index is 563. The minimum atomic E-state index is -0.863. The molecule has 5 nitrogen and oxygen atoms in total. The first kappa shape index (κ1) is 13.1. The van der Waals surface area contributed by atoms with Crippen molar-refractivity contribution >= 4 is 5.97 Å². The molecule has 0 aliphatic heterocycles. The van der Waals surface area contributed by atoms with Crippen LogP contribution in [0.15, 0.2) is 36.8 Å². The van der Waals surface area contributed by atoms with Gasteiger partial charge in [0, 0.05) is 12.7 Å². The van der Waals surface area contributed by atoms with Crippen molar-refractivity contribution in [2.45, 2.75) is 19.4 Å². The van der Waals surface area contributed by atoms with Gasteiger partial charge in [0.15, 0.2) is 0 Å². The summed E-state index contributed by atoms with van der Waals surface area (Å²) in [7, 11) is 1.65. The fourth-order valence-electron chi connectivity index (χ4n) is 1.86. The molecule has 2 rings (SSSR count). The van der Waals surface area contributed by atoms with E-state index in [0.717, 1.165) is 18.7 Å². The van der Waals surface area contributed by atoms with Gasteiger partial charge in [-0.25, -0.2) is 4.98 Å². The van der Waals surface area contributed by atoms with Crippen molar-refractivity contribution in [1.29, 1.82) is 0 Å². The van der Waals surface area contributed by atoms with Crippen LogP contribution in [-0.2, 0) is 24.2 Å². The maximum absolute atomic E-state index is 10.6. The summed E-state index contributed by atoms with van der Waals surface area (Å²) < 4.78 is 7.07. The third-order valence-corrected chi connectivity index (χ3v) is 2.81. The Kier molecular flexibility index (Phi) is 4.18. The molecule has 1 aromatic heterocycles. The van der Waals surface area contributed by atoms with Gasteiger partial charge in [-0.1, -0.05) is 12.1 Å². The summed E-state index contributed by atoms with van der Waals surface area (Å²) in [5, 5.41) is 8.68. The molecule has 0 saturated carbocycles. The van der Waals surface area contributed by atoms with E-state index >= 15 is 0 Å². The van der Waals surface area contributed by atoms with Gasteiger partial charge in [-0.05, 0) is 24.1 Å². The number of hydrogen-bond donors (Lipinski definition) is 1. The summed E-state index contributed by atoms with van der Waals surface area (Å²) in [5.74, 6) is -0.0206. The molecule has 0 aliphatic rings. The number of carbonyl (C=O) groups is 1. The van der Waals surface area contributed by atoms with Crippen molar-refractivity contribution in [3.63, 3.8) is 0 Å². The Hall–Kier alpha value is -2.30. The molecule has 2 aromatic rings. The van der Waals surface area contributed by atoms with Crippen LogP contribution in [0.4, 0.5) is 0 Å². The van der Waals surface area contributed by atoms with Crippen LogP contribution >= 0.6 is 0 Å². The normalized spacial score (nSPS) is 10.4. The molecule has 0 amide bonds. The molecule has 0 atom stereocenters. The third kappa shape index (κ3) is 3.84. The van der Waals surface area contributed by atoms with Crippen LogP contribution in [0.5, 0.6) is 5.75 Å². The van der Waals surface area contributed by atoms with E-state index in [2.05, 4.69) is 4.98 Å². The lowest BCUT2D eigenvalue weighted by molar-refractivity contribution is -0.136. The third-order valence-electron chi connectivity index (χ3n) is 2.81. The van der Waals surface area contributed by atoms with E-state index < -0.39 is 5.97 Å². The van der Waals surface area contributed by atoms with E-state index in [0.29, 0.717) is 5.69 Å². The first-order chi connectivity index (χ1) is 9.17. The van der Waals surface area contributed by atoms with E-state index in [1.54, 1.807) is 19.6 Å². The molecule has 0 saturated heterocycles. The number of carboxylic acids is 1. The van der Waals surface area contributed by atoms with E-state index in [9.17, 15) is 4.79 Å². The van der Waals surface area contributed by atoms with Crippen molar-refractivity contribution in [1.82, 2.24) is 9.55 Å². The number of carboxylic acid groups (broad SMARTS) is 1. The Balaban J connectivity index is 1.94. The first-order valence-electron chi connectivity index (χ1n) is 6.03. The smallest absolute Gasteiger partial charge is 0.309 e. The predicted molar refractivity (Wildman–Crippen MR) is 70.3 cm³/mol. The number of benzene rings is 1. The molecule has 19 heavy (non-hydrogen) atoms. The van der Waals surface area contributed by atoms with Crippen molar-refractivity contribution in [2.75, 3.05) is 7.11 Å². The zero-order valence-electron chi connectivity index (χ0n) is 10.7. The van der Waals surface area contributed by atoms with Gasteiger partial charge in [-0.3, -0.25) is 4.79 Å². The summed E-state index contributed by atoms with van der Waals surface area (Å²) >= 11 is 0. The number of rotatable bonds is 6. The lowest BCUT2D eigenvalue weighted by Crippen LogP contribution is -2.01. The molecule has 1 heterocycles. The van der Waals surface area contributed by atoms with Gasteiger partial charge in [0.2, 0.25) is 0 Å². The van der Waals surface area contributed by atoms with Crippen LogP contribution in [0.1, 0.15) is 11.3 Å². The van der Waals surface area contributed by atoms with Crippen molar-refractivity contribution in [2.24, 2.45) is 0 Å². The van der Waals surface area contributed by atoms with Gasteiger partial charge in [-0.15, -0.1) is 0 Å². The van der Waals surface area contributed by atoms with Crippen molar-refractivity contribution < 1.29 is 14.6 Å². The summed E-state index contributed by atoms with van der Waals surface area (Å²) in [6.45, 7) is 0.764. The lowest BCUT2D eigenvalue weighted by atomic mass is 10.1. The minimum absolute atomic E-state index is 0.0356. The highest BCUT2D eigenvalue weighted by molar-refractivity contribution is 5.69. The fourth-order valence-corrected chi connectivity index (χ4v) is 1.86. The second kappa shape index (κ2) is 6.04. The summed E-state index contributed by atoms with van der Waals surface area (Å²) in [6.07, 6.45) is 4.25. The summed E-state index contributed by atoms with van der Waals surface area (Å²) in [5.41, 5.74) is 1.76. The SMILES string of the molecule is COc1cccc(CCn2cnc(CC(=O)O)c2)c1. The maximum Gasteiger partial charge on any atom is 0.309 e. The molecule has 0 aliphatic carbocycles. The van der Waals surface area contributed by atoms with E-state index in [1.165, 1.54) is 5.56 Å². The zero-order valence-corrected chi connectivity index (χ0v) is 10.7. The van der Waals surface area contributed by atoms with Gasteiger partial charge in [0.25, 0.3) is 0 Å². The van der Waals surface area contributed by atoms with Gasteiger partial charge < -0.3 is 14.4 Å². The molecule has 5 heteroatoms. The molecular weight excluding hydrogens is 244 g/mol. The number of ether oxygens (including phenoxy) is 1. The van der Waals surface area contributed by atoms with E-state index in [1.807, 2.05) is 28.8 Å². The number of methoxy groups -OCH3 is 1. The zero-order chi connectivity index (χ0) is 13.7. The van der Waals surface area contributed by atoms with Crippen LogP contribution in [0.25, 0.3) is 0 Å². The van der Waals surface area contributed by atoms with Gasteiger partial charge >= 0.3 is 5.97 Å². The standard InChI is InChI=1S/C14H16N2O3/c1-19-13-4-2-3-11(7-13)5-6-16-9-12(15-10-16)8-14(17)18/h2-4,7,9-10H,5-6,8H2,1H3,(H,17,18). The number of hydrogen-bond acceptors (Lipinski definition) is 3. The molecular formula is C14H16N2O3. The molecule has 0 radical (unpaired) electrons. The highest BCUT2D eigenvalue weighted by Gasteiger charge is 2.04. The van der Waals surface area contributed by atoms with E-state index in [-0.39, 0.29) is 6.42 Å². The molecule has 1 N–H and O–H groups in total. The predicted octanol–water partition coefficient (Wildman–Crippen LogP) is 1.76. The quantitative estimate of drug-likeness (QED) is 0.859. The van der Waals surface area contributed by atoms with Crippen molar-refractivity contribution in [3.05, 3.63) is 48.0 Å². The van der Waals surface area contributed by atoms with Crippen LogP contribution in [0.2, 0.25) is 0 Å². The lowest BCUT2D eigenvalue weighted by Gasteiger charge is -2.05. The topological polar surface area (TPSA) is 64.4 Å². The van der Waals surface area contributed by atoms with Crippen LogP contribution in [0.3, 0.4) is 0 Å². The molecule has 0 bridgehead atoms. The largest absolute Gasteiger partial charge is 0.497 e. The average Bonchev–Trinajstić information content (AvgIpc) is 2.83. The molecule has 0 spiro atoms. The minimum Gasteiger partial charge on any atom is -0.497 e. The number of aliphatic carboxylic acids is 1. The van der Waals surface area contributed by atoms with Gasteiger partial charge in [0.1, 0.15) is 5.75 Å². The van der Waals surface area contributed by atoms with Crippen LogP contribution in [-0.4, -0.2) is 27.7 Å². The Labute approximate surface area is 111 Å². The number of aromatic nitrogens is 2. The number of nitrogens with zero attached hydrogens (tertiary/aromatic N) is 2.